The summed E-state index contributed by atoms with van der Waals surface area (Å²) in [6.07, 6.45) is 4.59. The Kier molecular flexibility index (Phi) is 7.86. The lowest BCUT2D eigenvalue weighted by atomic mass is 10.1. The van der Waals surface area contributed by atoms with Crippen molar-refractivity contribution in [1.82, 2.24) is 5.32 Å². The minimum atomic E-state index is -0.756. The molecule has 0 fully saturated rings. The molecule has 8 nitrogen and oxygen atoms in total. The highest BCUT2D eigenvalue weighted by Crippen LogP contribution is 2.28. The largest absolute Gasteiger partial charge is 0.493 e. The van der Waals surface area contributed by atoms with Crippen LogP contribution in [-0.2, 0) is 4.79 Å². The van der Waals surface area contributed by atoms with Gasteiger partial charge in [-0.2, -0.15) is 0 Å². The van der Waals surface area contributed by atoms with E-state index in [4.69, 9.17) is 18.6 Å². The molecule has 0 aliphatic carbocycles. The van der Waals surface area contributed by atoms with Crippen molar-refractivity contribution in [2.45, 2.75) is 19.8 Å². The highest BCUT2D eigenvalue weighted by Gasteiger charge is 2.14. The smallest absolute Gasteiger partial charge is 0.349 e. The Balaban J connectivity index is 1.72. The molecule has 0 atom stereocenters. The Hall–Kier alpha value is -4.07. The molecule has 1 amide bonds. The Morgan fingerprint density at radius 3 is 2.55 bits per heavy atom. The summed E-state index contributed by atoms with van der Waals surface area (Å²) in [4.78, 5) is 36.7. The van der Waals surface area contributed by atoms with E-state index in [0.717, 1.165) is 18.4 Å². The summed E-state index contributed by atoms with van der Waals surface area (Å²) in [5.41, 5.74) is 0.104. The molecule has 0 aliphatic heterocycles. The predicted octanol–water partition coefficient (Wildman–Crippen LogP) is 3.96. The molecule has 172 valence electrons. The quantitative estimate of drug-likeness (QED) is 0.173. The summed E-state index contributed by atoms with van der Waals surface area (Å²) < 4.78 is 21.0. The van der Waals surface area contributed by atoms with Crippen LogP contribution >= 0.6 is 0 Å². The van der Waals surface area contributed by atoms with Crippen LogP contribution in [0.2, 0.25) is 0 Å². The number of ether oxygens (including phenoxy) is 3. The molecule has 0 unspecified atom stereocenters. The lowest BCUT2D eigenvalue weighted by Crippen LogP contribution is -2.28. The van der Waals surface area contributed by atoms with Crippen molar-refractivity contribution in [3.63, 3.8) is 0 Å². The summed E-state index contributed by atoms with van der Waals surface area (Å²) in [6.45, 7) is 2.49. The SMILES string of the molecule is CCCCNC(=O)c1cc2ccc(OC(=O)/C=C/c3ccc(OC)c(OC)c3)cc2oc1=O. The molecule has 0 saturated carbocycles. The Bertz CT molecular complexity index is 1240. The number of hydrogen-bond donors (Lipinski definition) is 1. The van der Waals surface area contributed by atoms with Gasteiger partial charge in [0.25, 0.3) is 5.91 Å². The van der Waals surface area contributed by atoms with Crippen LogP contribution in [0.1, 0.15) is 35.7 Å². The second-order valence-electron chi connectivity index (χ2n) is 7.13. The van der Waals surface area contributed by atoms with Gasteiger partial charge in [0.1, 0.15) is 16.9 Å². The molecular weight excluding hydrogens is 426 g/mol. The first-order chi connectivity index (χ1) is 15.9. The van der Waals surface area contributed by atoms with Gasteiger partial charge in [-0.25, -0.2) is 9.59 Å². The standard InChI is InChI=1S/C25H25NO7/c1-4-5-12-26-24(28)19-14-17-8-9-18(15-21(17)33-25(19)29)32-23(27)11-7-16-6-10-20(30-2)22(13-16)31-3/h6-11,13-15H,4-5,12H2,1-3H3,(H,26,28)/b11-7+. The summed E-state index contributed by atoms with van der Waals surface area (Å²) in [6, 6.07) is 11.3. The van der Waals surface area contributed by atoms with Crippen molar-refractivity contribution in [2.24, 2.45) is 0 Å². The van der Waals surface area contributed by atoms with Gasteiger partial charge in [0.2, 0.25) is 0 Å². The highest BCUT2D eigenvalue weighted by atomic mass is 16.5. The number of carbonyl (C=O) groups is 2. The molecule has 8 heteroatoms. The average Bonchev–Trinajstić information content (AvgIpc) is 2.82. The number of unbranched alkanes of at least 4 members (excludes halogenated alkanes) is 1. The van der Waals surface area contributed by atoms with E-state index in [1.807, 2.05) is 6.92 Å². The molecule has 0 spiro atoms. The van der Waals surface area contributed by atoms with Crippen LogP contribution in [0, 0.1) is 0 Å². The monoisotopic (exact) mass is 451 g/mol. The van der Waals surface area contributed by atoms with E-state index >= 15 is 0 Å². The molecule has 33 heavy (non-hydrogen) atoms. The highest BCUT2D eigenvalue weighted by molar-refractivity contribution is 5.97. The number of methoxy groups -OCH3 is 2. The second-order valence-corrected chi connectivity index (χ2v) is 7.13. The molecule has 0 radical (unpaired) electrons. The van der Waals surface area contributed by atoms with Gasteiger partial charge in [-0.05, 0) is 48.4 Å². The Morgan fingerprint density at radius 1 is 1.03 bits per heavy atom. The van der Waals surface area contributed by atoms with Crippen LogP contribution in [0.15, 0.2) is 57.8 Å². The van der Waals surface area contributed by atoms with Crippen LogP contribution in [0.4, 0.5) is 0 Å². The van der Waals surface area contributed by atoms with Gasteiger partial charge >= 0.3 is 11.6 Å². The van der Waals surface area contributed by atoms with Crippen molar-refractivity contribution in [1.29, 1.82) is 0 Å². The predicted molar refractivity (Wildman–Crippen MR) is 124 cm³/mol. The maximum Gasteiger partial charge on any atom is 0.349 e. The van der Waals surface area contributed by atoms with E-state index in [9.17, 15) is 14.4 Å². The maximum absolute atomic E-state index is 12.2. The fourth-order valence-corrected chi connectivity index (χ4v) is 3.06. The van der Waals surface area contributed by atoms with Crippen LogP contribution in [0.25, 0.3) is 17.0 Å². The van der Waals surface area contributed by atoms with Crippen molar-refractivity contribution in [3.8, 4) is 17.2 Å². The fraction of sp³-hybridized carbons (Fsp3) is 0.240. The first-order valence-electron chi connectivity index (χ1n) is 10.4. The van der Waals surface area contributed by atoms with Crippen LogP contribution in [0.5, 0.6) is 17.2 Å². The Labute approximate surface area is 190 Å². The molecule has 1 heterocycles. The summed E-state index contributed by atoms with van der Waals surface area (Å²) >= 11 is 0. The van der Waals surface area contributed by atoms with Gasteiger partial charge in [-0.3, -0.25) is 4.79 Å². The lowest BCUT2D eigenvalue weighted by molar-refractivity contribution is -0.128. The number of amides is 1. The van der Waals surface area contributed by atoms with Gasteiger partial charge < -0.3 is 23.9 Å². The molecule has 1 N–H and O–H groups in total. The topological polar surface area (TPSA) is 104 Å². The first-order valence-corrected chi connectivity index (χ1v) is 10.4. The van der Waals surface area contributed by atoms with Gasteiger partial charge in [0.05, 0.1) is 14.2 Å². The number of nitrogens with one attached hydrogen (secondary N) is 1. The number of esters is 1. The van der Waals surface area contributed by atoms with Crippen molar-refractivity contribution >= 4 is 28.9 Å². The minimum absolute atomic E-state index is 0.0683. The number of fused-ring (bicyclic) bond motifs is 1. The van der Waals surface area contributed by atoms with Gasteiger partial charge in [0, 0.05) is 24.1 Å². The lowest BCUT2D eigenvalue weighted by Gasteiger charge is -2.07. The van der Waals surface area contributed by atoms with Crippen LogP contribution in [-0.4, -0.2) is 32.6 Å². The normalized spacial score (nSPS) is 10.9. The molecule has 0 saturated heterocycles. The van der Waals surface area contributed by atoms with E-state index < -0.39 is 17.5 Å². The third kappa shape index (κ3) is 6.00. The average molecular weight is 451 g/mol. The third-order valence-corrected chi connectivity index (χ3v) is 4.81. The van der Waals surface area contributed by atoms with E-state index in [-0.39, 0.29) is 16.9 Å². The van der Waals surface area contributed by atoms with Gasteiger partial charge in [-0.1, -0.05) is 19.4 Å². The van der Waals surface area contributed by atoms with Gasteiger partial charge in [0.15, 0.2) is 11.5 Å². The molecule has 0 bridgehead atoms. The number of rotatable bonds is 9. The summed E-state index contributed by atoms with van der Waals surface area (Å²) in [7, 11) is 3.07. The Morgan fingerprint density at radius 2 is 1.82 bits per heavy atom. The fourth-order valence-electron chi connectivity index (χ4n) is 3.06. The van der Waals surface area contributed by atoms with E-state index in [1.54, 1.807) is 43.5 Å². The molecule has 0 aliphatic rings. The zero-order chi connectivity index (χ0) is 23.8. The zero-order valence-corrected chi connectivity index (χ0v) is 18.7. The first kappa shape index (κ1) is 23.6. The zero-order valence-electron chi connectivity index (χ0n) is 18.7. The minimum Gasteiger partial charge on any atom is -0.493 e. The molecule has 1 aromatic heterocycles. The van der Waals surface area contributed by atoms with Gasteiger partial charge in [-0.15, -0.1) is 0 Å². The van der Waals surface area contributed by atoms with Crippen molar-refractivity contribution < 1.29 is 28.2 Å². The van der Waals surface area contributed by atoms with Crippen LogP contribution < -0.4 is 25.2 Å². The molecule has 2 aromatic carbocycles. The van der Waals surface area contributed by atoms with E-state index in [2.05, 4.69) is 5.32 Å². The number of benzene rings is 2. The van der Waals surface area contributed by atoms with E-state index in [0.29, 0.717) is 23.4 Å². The maximum atomic E-state index is 12.2. The second kappa shape index (κ2) is 11.0. The summed E-state index contributed by atoms with van der Waals surface area (Å²) in [5.74, 6) is 0.230. The van der Waals surface area contributed by atoms with Crippen LogP contribution in [0.3, 0.4) is 0 Å². The molecule has 3 rings (SSSR count). The molecule has 3 aromatic rings. The third-order valence-electron chi connectivity index (χ3n) is 4.81. The van der Waals surface area contributed by atoms with E-state index in [1.165, 1.54) is 25.3 Å². The molecular formula is C25H25NO7. The van der Waals surface area contributed by atoms with Crippen molar-refractivity contribution in [2.75, 3.05) is 20.8 Å². The van der Waals surface area contributed by atoms with Crippen molar-refractivity contribution in [3.05, 3.63) is 70.1 Å². The number of carbonyl (C=O) groups excluding carboxylic acids is 2. The number of hydrogen-bond acceptors (Lipinski definition) is 7. The summed E-state index contributed by atoms with van der Waals surface area (Å²) in [5, 5.41) is 3.23.